The molecular weight excluding hydrogens is 247 g/mol. The average molecular weight is 263 g/mol. The van der Waals surface area contributed by atoms with Crippen molar-refractivity contribution in [2.24, 2.45) is 5.92 Å². The monoisotopic (exact) mass is 264 g/mol. The summed E-state index contributed by atoms with van der Waals surface area (Å²) in [5, 5.41) is 0. The van der Waals surface area contributed by atoms with Crippen LogP contribution in [0.2, 0.25) is 5.82 Å². The molecule has 1 atom stereocenters. The fourth-order valence-electron chi connectivity index (χ4n) is 2.23. The molecule has 1 heteroatoms. The Bertz CT molecular complexity index is 401. The van der Waals surface area contributed by atoms with Gasteiger partial charge in [-0.15, -0.1) is 0 Å². The fourth-order valence-corrected chi connectivity index (χ4v) is 4.08. The molecule has 1 aromatic rings. The Hall–Kier alpha value is -0.781. The molecule has 2 rings (SSSR count). The van der Waals surface area contributed by atoms with Gasteiger partial charge < -0.3 is 0 Å². The molecule has 0 spiro atoms. The molecule has 0 saturated carbocycles. The van der Waals surface area contributed by atoms with Crippen LogP contribution in [0.5, 0.6) is 0 Å². The molecule has 1 aliphatic rings. The first-order valence-electron chi connectivity index (χ1n) is 5.32. The maximum atomic E-state index is 4.20. The van der Waals surface area contributed by atoms with Crippen molar-refractivity contribution in [1.29, 1.82) is 0 Å². The summed E-state index contributed by atoms with van der Waals surface area (Å²) in [7, 11) is 0. The third-order valence-electron chi connectivity index (χ3n) is 3.00. The van der Waals surface area contributed by atoms with E-state index in [9.17, 15) is 0 Å². The molecule has 1 aromatic carbocycles. The van der Waals surface area contributed by atoms with Crippen LogP contribution in [0.1, 0.15) is 18.9 Å². The van der Waals surface area contributed by atoms with E-state index in [0.29, 0.717) is 20.9 Å². The van der Waals surface area contributed by atoms with E-state index in [1.807, 2.05) is 0 Å². The van der Waals surface area contributed by atoms with Gasteiger partial charge >= 0.3 is 98.1 Å². The normalized spacial score (nSPS) is 20.4. The summed E-state index contributed by atoms with van der Waals surface area (Å²) in [6, 6.07) is 10.8. The summed E-state index contributed by atoms with van der Waals surface area (Å²) >= 11 is 0.577. The third-order valence-corrected chi connectivity index (χ3v) is 4.87. The van der Waals surface area contributed by atoms with Gasteiger partial charge in [-0.3, -0.25) is 0 Å². The van der Waals surface area contributed by atoms with Gasteiger partial charge in [0.2, 0.25) is 0 Å². The average Bonchev–Trinajstić information content (AvgIpc) is 2.28. The van der Waals surface area contributed by atoms with Crippen LogP contribution in [0.15, 0.2) is 47.0 Å². The van der Waals surface area contributed by atoms with E-state index in [2.05, 4.69) is 49.7 Å². The number of allylic oxidation sites excluding steroid dienone is 3. The molecule has 78 valence electrons. The van der Waals surface area contributed by atoms with E-state index < -0.39 is 0 Å². The van der Waals surface area contributed by atoms with Gasteiger partial charge in [0.15, 0.2) is 0 Å². The fraction of sp³-hybridized carbons (Fsp3) is 0.286. The Labute approximate surface area is 98.2 Å². The molecule has 0 nitrogen and oxygen atoms in total. The molecule has 0 amide bonds. The molecule has 0 saturated heterocycles. The Balaban J connectivity index is 2.43. The number of hydrogen-bond donors (Lipinski definition) is 0. The second-order valence-corrected chi connectivity index (χ2v) is 5.51. The summed E-state index contributed by atoms with van der Waals surface area (Å²) in [5.41, 5.74) is 4.35. The van der Waals surface area contributed by atoms with E-state index in [-0.39, 0.29) is 0 Å². The van der Waals surface area contributed by atoms with Gasteiger partial charge in [0.1, 0.15) is 0 Å². The molecule has 15 heavy (non-hydrogen) atoms. The van der Waals surface area contributed by atoms with Crippen molar-refractivity contribution in [2.75, 3.05) is 0 Å². The predicted octanol–water partition coefficient (Wildman–Crippen LogP) is 3.75. The Morgan fingerprint density at radius 1 is 1.27 bits per heavy atom. The van der Waals surface area contributed by atoms with E-state index in [4.69, 9.17) is 0 Å². The summed E-state index contributed by atoms with van der Waals surface area (Å²) in [5.74, 6) is 2.90. The minimum atomic E-state index is 0.577. The van der Waals surface area contributed by atoms with Crippen molar-refractivity contribution in [3.63, 3.8) is 0 Å². The van der Waals surface area contributed by atoms with Crippen molar-refractivity contribution in [3.05, 3.63) is 52.5 Å². The van der Waals surface area contributed by atoms with Crippen molar-refractivity contribution >= 4 is 20.5 Å². The van der Waals surface area contributed by atoms with Crippen LogP contribution in [-0.2, 0) is 0 Å². The Kier molecular flexibility index (Phi) is 3.14. The van der Waals surface area contributed by atoms with E-state index in [1.54, 1.807) is 10.0 Å². The molecule has 0 bridgehead atoms. The SMILES string of the molecule is C=C1C([Se]C)=C(c2ccccc2)C1CC. The van der Waals surface area contributed by atoms with Gasteiger partial charge in [-0.1, -0.05) is 0 Å². The molecular formula is C14H16Se. The summed E-state index contributed by atoms with van der Waals surface area (Å²) in [6.07, 6.45) is 1.18. The van der Waals surface area contributed by atoms with E-state index in [0.717, 1.165) is 0 Å². The second kappa shape index (κ2) is 4.38. The molecule has 0 fully saturated rings. The number of hydrogen-bond acceptors (Lipinski definition) is 0. The quantitative estimate of drug-likeness (QED) is 0.729. The molecule has 0 aromatic heterocycles. The predicted molar refractivity (Wildman–Crippen MR) is 67.9 cm³/mol. The zero-order valence-electron chi connectivity index (χ0n) is 9.29. The zero-order valence-corrected chi connectivity index (χ0v) is 11.0. The topological polar surface area (TPSA) is 0 Å². The molecule has 1 aliphatic carbocycles. The van der Waals surface area contributed by atoms with Crippen LogP contribution >= 0.6 is 0 Å². The van der Waals surface area contributed by atoms with Crippen LogP contribution in [0.4, 0.5) is 0 Å². The molecule has 0 aliphatic heterocycles. The van der Waals surface area contributed by atoms with Crippen molar-refractivity contribution in [3.8, 4) is 0 Å². The first kappa shape index (κ1) is 10.7. The van der Waals surface area contributed by atoms with Gasteiger partial charge in [0.05, 0.1) is 0 Å². The van der Waals surface area contributed by atoms with Crippen LogP contribution in [0.25, 0.3) is 5.57 Å². The number of rotatable bonds is 3. The van der Waals surface area contributed by atoms with Crippen molar-refractivity contribution < 1.29 is 0 Å². The van der Waals surface area contributed by atoms with Crippen LogP contribution in [0.3, 0.4) is 0 Å². The summed E-state index contributed by atoms with van der Waals surface area (Å²) in [6.45, 7) is 6.45. The Morgan fingerprint density at radius 2 is 1.93 bits per heavy atom. The standard InChI is InChI=1S/C14H16Se/c1-4-12-10(2)14(15-3)13(12)11-8-6-5-7-9-11/h5-9,12H,2,4H2,1,3H3. The molecule has 1 unspecified atom stereocenters. The summed E-state index contributed by atoms with van der Waals surface area (Å²) < 4.78 is 1.54. The van der Waals surface area contributed by atoms with E-state index >= 15 is 0 Å². The molecule has 0 heterocycles. The van der Waals surface area contributed by atoms with Gasteiger partial charge in [-0.2, -0.15) is 0 Å². The van der Waals surface area contributed by atoms with Gasteiger partial charge in [0.25, 0.3) is 0 Å². The van der Waals surface area contributed by atoms with Crippen LogP contribution in [0, 0.1) is 5.92 Å². The van der Waals surface area contributed by atoms with Crippen LogP contribution in [-0.4, -0.2) is 15.0 Å². The van der Waals surface area contributed by atoms with E-state index in [1.165, 1.54) is 17.6 Å². The maximum absolute atomic E-state index is 4.20. The van der Waals surface area contributed by atoms with Crippen molar-refractivity contribution in [2.45, 2.75) is 19.2 Å². The van der Waals surface area contributed by atoms with Gasteiger partial charge in [0, 0.05) is 0 Å². The zero-order chi connectivity index (χ0) is 10.8. The second-order valence-electron chi connectivity index (χ2n) is 3.80. The van der Waals surface area contributed by atoms with Gasteiger partial charge in [-0.05, 0) is 0 Å². The summed E-state index contributed by atoms with van der Waals surface area (Å²) in [4.78, 5) is 0. The Morgan fingerprint density at radius 3 is 2.47 bits per heavy atom. The number of benzene rings is 1. The first-order valence-corrected chi connectivity index (χ1v) is 7.89. The molecule has 0 N–H and O–H groups in total. The first-order chi connectivity index (χ1) is 7.29. The van der Waals surface area contributed by atoms with Crippen molar-refractivity contribution in [1.82, 2.24) is 0 Å². The van der Waals surface area contributed by atoms with Crippen LogP contribution < -0.4 is 0 Å². The third kappa shape index (κ3) is 1.71. The minimum absolute atomic E-state index is 0.577. The van der Waals surface area contributed by atoms with Gasteiger partial charge in [-0.25, -0.2) is 0 Å². The molecule has 0 radical (unpaired) electrons.